The van der Waals surface area contributed by atoms with E-state index in [-0.39, 0.29) is 35.1 Å². The van der Waals surface area contributed by atoms with E-state index in [0.29, 0.717) is 0 Å². The van der Waals surface area contributed by atoms with Gasteiger partial charge in [0.15, 0.2) is 0 Å². The summed E-state index contributed by atoms with van der Waals surface area (Å²) < 4.78 is 14.7. The van der Waals surface area contributed by atoms with E-state index in [1.54, 1.807) is 0 Å². The summed E-state index contributed by atoms with van der Waals surface area (Å²) in [5, 5.41) is 0. The lowest BCUT2D eigenvalue weighted by atomic mass is 9.32. The molecule has 9 aromatic carbocycles. The standard InChI is InChI=1S/C70H66B2N2O2S2/c1-67(2,3)43-21-29-47(30-22-43)73(48-31-23-44(24-32-48)68(4,5)6)51-37-59-65-63(39-51)77-61-19-15-13-17-53(61)71(65)55-41-56-58(42-57(55)75-59)76-60-38-52(40-64-66(60)72(56)54-18-14-16-20-62(54)78-64)74(49-33-25-45(26-34-49)69(7,8)9)50-35-27-46(28-36-50)70(10,11)12/h13-42H,1-12H3. The van der Waals surface area contributed by atoms with Gasteiger partial charge in [-0.25, -0.2) is 0 Å². The molecule has 4 aliphatic heterocycles. The van der Waals surface area contributed by atoms with Gasteiger partial charge in [-0.15, -0.1) is 0 Å². The van der Waals surface area contributed by atoms with E-state index < -0.39 is 0 Å². The molecular formula is C70H66B2N2O2S2. The smallest absolute Gasteiger partial charge is 0.253 e. The molecule has 8 heteroatoms. The molecule has 9 aromatic rings. The van der Waals surface area contributed by atoms with Crippen LogP contribution < -0.4 is 52.1 Å². The lowest BCUT2D eigenvalue weighted by Gasteiger charge is -2.38. The summed E-state index contributed by atoms with van der Waals surface area (Å²) in [6.07, 6.45) is 0. The third kappa shape index (κ3) is 8.75. The van der Waals surface area contributed by atoms with Gasteiger partial charge in [0.2, 0.25) is 0 Å². The Morgan fingerprint density at radius 2 is 0.603 bits per heavy atom. The molecule has 0 aromatic heterocycles. The Hall–Kier alpha value is -6.99. The molecule has 0 radical (unpaired) electrons. The van der Waals surface area contributed by atoms with Gasteiger partial charge >= 0.3 is 0 Å². The number of nitrogens with zero attached hydrogens (tertiary/aromatic N) is 2. The summed E-state index contributed by atoms with van der Waals surface area (Å²) in [4.78, 5) is 9.73. The van der Waals surface area contributed by atoms with Crippen molar-refractivity contribution in [3.63, 3.8) is 0 Å². The number of rotatable bonds is 6. The molecule has 78 heavy (non-hydrogen) atoms. The van der Waals surface area contributed by atoms with Gasteiger partial charge in [0, 0.05) is 60.5 Å². The van der Waals surface area contributed by atoms with Crippen LogP contribution in [0.5, 0.6) is 23.0 Å². The third-order valence-corrected chi connectivity index (χ3v) is 18.6. The maximum absolute atomic E-state index is 7.37. The maximum atomic E-state index is 7.37. The second-order valence-corrected chi connectivity index (χ2v) is 28.0. The molecule has 0 bridgehead atoms. The third-order valence-electron chi connectivity index (χ3n) is 16.3. The number of benzene rings is 9. The first kappa shape index (κ1) is 50.5. The van der Waals surface area contributed by atoms with E-state index in [0.717, 1.165) is 57.1 Å². The van der Waals surface area contributed by atoms with Gasteiger partial charge in [0.05, 0.1) is 11.4 Å². The van der Waals surface area contributed by atoms with E-state index >= 15 is 0 Å². The SMILES string of the molecule is CC(C)(C)c1ccc(N(c2ccc(C(C)(C)C)cc2)c2cc3c4c(c2)Sc2ccccc2B4c2cc4c(cc2O3)Oc2cc(N(c3ccc(C(C)(C)C)cc3)c3ccc(C(C)(C)C)cc3)cc3c2B4c2ccccc2S3)cc1. The fourth-order valence-corrected chi connectivity index (χ4v) is 14.3. The fraction of sp³-hybridized carbons (Fsp3) is 0.229. The van der Waals surface area contributed by atoms with Crippen molar-refractivity contribution >= 4 is 104 Å². The Labute approximate surface area is 471 Å². The highest BCUT2D eigenvalue weighted by atomic mass is 32.2. The topological polar surface area (TPSA) is 24.9 Å². The summed E-state index contributed by atoms with van der Waals surface area (Å²) in [5.41, 5.74) is 19.2. The highest BCUT2D eigenvalue weighted by molar-refractivity contribution is 8.00. The Bertz CT molecular complexity index is 3480. The average molecular weight is 1050 g/mol. The van der Waals surface area contributed by atoms with E-state index in [2.05, 4.69) is 275 Å². The Morgan fingerprint density at radius 1 is 0.295 bits per heavy atom. The van der Waals surface area contributed by atoms with Crippen molar-refractivity contribution in [1.82, 2.24) is 0 Å². The van der Waals surface area contributed by atoms with Gasteiger partial charge in [0.1, 0.15) is 23.0 Å². The summed E-state index contributed by atoms with van der Waals surface area (Å²) >= 11 is 3.70. The molecule has 0 atom stereocenters. The molecule has 0 saturated carbocycles. The molecule has 13 rings (SSSR count). The zero-order valence-electron chi connectivity index (χ0n) is 47.0. The summed E-state index contributed by atoms with van der Waals surface area (Å²) in [7, 11) is 0. The number of hydrogen-bond acceptors (Lipinski definition) is 6. The molecule has 0 aliphatic carbocycles. The Balaban J connectivity index is 0.965. The van der Waals surface area contributed by atoms with Crippen LogP contribution in [0.25, 0.3) is 0 Å². The van der Waals surface area contributed by atoms with Gasteiger partial charge < -0.3 is 19.3 Å². The van der Waals surface area contributed by atoms with Crippen LogP contribution in [0.4, 0.5) is 34.1 Å². The van der Waals surface area contributed by atoms with Crippen LogP contribution in [0, 0.1) is 0 Å². The van der Waals surface area contributed by atoms with Gasteiger partial charge in [-0.3, -0.25) is 0 Å². The molecule has 4 heterocycles. The molecule has 0 unspecified atom stereocenters. The molecule has 4 aliphatic rings. The van der Waals surface area contributed by atoms with Crippen molar-refractivity contribution in [2.45, 2.75) is 124 Å². The fourth-order valence-electron chi connectivity index (χ4n) is 12.0. The molecule has 0 spiro atoms. The van der Waals surface area contributed by atoms with Crippen LogP contribution in [0.15, 0.2) is 202 Å². The molecule has 4 nitrogen and oxygen atoms in total. The highest BCUT2D eigenvalue weighted by Crippen LogP contribution is 2.48. The van der Waals surface area contributed by atoms with Crippen molar-refractivity contribution < 1.29 is 9.47 Å². The van der Waals surface area contributed by atoms with Crippen LogP contribution in [0.2, 0.25) is 0 Å². The average Bonchev–Trinajstić information content (AvgIpc) is 3.58. The molecular weight excluding hydrogens is 987 g/mol. The zero-order valence-corrected chi connectivity index (χ0v) is 48.6. The summed E-state index contributed by atoms with van der Waals surface area (Å²) in [5.74, 6) is 3.39. The highest BCUT2D eigenvalue weighted by Gasteiger charge is 2.45. The summed E-state index contributed by atoms with van der Waals surface area (Å²) in [6.45, 7) is 27.2. The van der Waals surface area contributed by atoms with E-state index in [1.807, 2.05) is 23.5 Å². The first-order chi connectivity index (χ1) is 37.2. The Kier molecular flexibility index (Phi) is 11.8. The minimum Gasteiger partial charge on any atom is -0.458 e. The number of anilines is 6. The van der Waals surface area contributed by atoms with Crippen LogP contribution in [-0.4, -0.2) is 13.4 Å². The molecule has 0 N–H and O–H groups in total. The van der Waals surface area contributed by atoms with Gasteiger partial charge in [-0.2, -0.15) is 0 Å². The van der Waals surface area contributed by atoms with E-state index in [1.165, 1.54) is 74.6 Å². The van der Waals surface area contributed by atoms with Gasteiger partial charge in [-0.05, 0) is 139 Å². The molecule has 0 amide bonds. The predicted octanol–water partition coefficient (Wildman–Crippen LogP) is 16.0. The van der Waals surface area contributed by atoms with Gasteiger partial charge in [0.25, 0.3) is 13.4 Å². The normalized spacial score (nSPS) is 13.9. The number of fused-ring (bicyclic) bond motifs is 8. The monoisotopic (exact) mass is 1050 g/mol. The van der Waals surface area contributed by atoms with Crippen molar-refractivity contribution in [2.75, 3.05) is 9.80 Å². The number of ether oxygens (including phenoxy) is 2. The molecule has 0 saturated heterocycles. The summed E-state index contributed by atoms with van der Waals surface area (Å²) in [6, 6.07) is 68.4. The Morgan fingerprint density at radius 3 is 0.910 bits per heavy atom. The predicted molar refractivity (Wildman–Crippen MR) is 334 cm³/mol. The van der Waals surface area contributed by atoms with Crippen molar-refractivity contribution in [2.24, 2.45) is 0 Å². The van der Waals surface area contributed by atoms with E-state index in [4.69, 9.17) is 9.47 Å². The lowest BCUT2D eigenvalue weighted by Crippen LogP contribution is -2.61. The van der Waals surface area contributed by atoms with Gasteiger partial charge in [-0.1, -0.05) is 209 Å². The van der Waals surface area contributed by atoms with Crippen LogP contribution in [0.3, 0.4) is 0 Å². The van der Waals surface area contributed by atoms with Crippen LogP contribution in [0.1, 0.15) is 105 Å². The zero-order chi connectivity index (χ0) is 54.2. The first-order valence-electron chi connectivity index (χ1n) is 27.6. The quantitative estimate of drug-likeness (QED) is 0.154. The minimum atomic E-state index is -0.0412. The molecule has 386 valence electrons. The second-order valence-electron chi connectivity index (χ2n) is 25.8. The van der Waals surface area contributed by atoms with Crippen molar-refractivity contribution in [1.29, 1.82) is 0 Å². The van der Waals surface area contributed by atoms with Crippen molar-refractivity contribution in [3.05, 3.63) is 204 Å². The number of hydrogen-bond donors (Lipinski definition) is 0. The largest absolute Gasteiger partial charge is 0.458 e. The van der Waals surface area contributed by atoms with E-state index in [9.17, 15) is 0 Å². The van der Waals surface area contributed by atoms with Crippen LogP contribution in [-0.2, 0) is 21.7 Å². The maximum Gasteiger partial charge on any atom is 0.253 e. The first-order valence-corrected chi connectivity index (χ1v) is 29.2. The molecule has 0 fully saturated rings. The van der Waals surface area contributed by atoms with Crippen LogP contribution >= 0.6 is 23.5 Å². The second kappa shape index (κ2) is 18.3. The van der Waals surface area contributed by atoms with Crippen molar-refractivity contribution in [3.8, 4) is 23.0 Å². The minimum absolute atomic E-state index is 0.0288. The lowest BCUT2D eigenvalue weighted by molar-refractivity contribution is 0.464.